The quantitative estimate of drug-likeness (QED) is 0.746. The van der Waals surface area contributed by atoms with Crippen molar-refractivity contribution in [3.05, 3.63) is 56.8 Å². The van der Waals surface area contributed by atoms with Gasteiger partial charge in [-0.3, -0.25) is 9.36 Å². The number of nitrogens with two attached hydrogens (primary N) is 1. The van der Waals surface area contributed by atoms with Crippen LogP contribution in [0.25, 0.3) is 22.2 Å². The van der Waals surface area contributed by atoms with Gasteiger partial charge >= 0.3 is 0 Å². The first-order valence-corrected chi connectivity index (χ1v) is 6.95. The van der Waals surface area contributed by atoms with Crippen molar-refractivity contribution in [3.63, 3.8) is 0 Å². The van der Waals surface area contributed by atoms with E-state index >= 15 is 0 Å². The zero-order valence-electron chi connectivity index (χ0n) is 11.1. The molecular formula is C15H11Cl2N3O. The van der Waals surface area contributed by atoms with Gasteiger partial charge in [-0.1, -0.05) is 29.3 Å². The van der Waals surface area contributed by atoms with E-state index in [4.69, 9.17) is 28.9 Å². The van der Waals surface area contributed by atoms with Crippen LogP contribution in [0.4, 0.5) is 5.82 Å². The maximum absolute atomic E-state index is 12.6. The van der Waals surface area contributed by atoms with Crippen LogP contribution in [0.3, 0.4) is 0 Å². The van der Waals surface area contributed by atoms with Gasteiger partial charge in [0.05, 0.1) is 15.6 Å². The molecule has 0 aliphatic carbocycles. The monoisotopic (exact) mass is 319 g/mol. The number of hydrogen-bond donors (Lipinski definition) is 1. The summed E-state index contributed by atoms with van der Waals surface area (Å²) < 4.78 is 1.45. The Morgan fingerprint density at radius 2 is 1.81 bits per heavy atom. The van der Waals surface area contributed by atoms with Crippen LogP contribution in [0, 0.1) is 0 Å². The van der Waals surface area contributed by atoms with E-state index in [1.165, 1.54) is 4.57 Å². The van der Waals surface area contributed by atoms with Crippen molar-refractivity contribution >= 4 is 40.1 Å². The van der Waals surface area contributed by atoms with Gasteiger partial charge in [-0.2, -0.15) is 0 Å². The lowest BCUT2D eigenvalue weighted by molar-refractivity contribution is 0.891. The van der Waals surface area contributed by atoms with E-state index in [1.54, 1.807) is 37.4 Å². The Bertz CT molecular complexity index is 898. The second-order valence-electron chi connectivity index (χ2n) is 4.67. The van der Waals surface area contributed by atoms with Gasteiger partial charge in [0.15, 0.2) is 0 Å². The van der Waals surface area contributed by atoms with E-state index in [-0.39, 0.29) is 5.56 Å². The third kappa shape index (κ3) is 2.26. The molecule has 0 bridgehead atoms. The number of fused-ring (bicyclic) bond motifs is 1. The number of aryl methyl sites for hydroxylation is 1. The molecule has 2 heterocycles. The van der Waals surface area contributed by atoms with Crippen molar-refractivity contribution in [1.29, 1.82) is 0 Å². The average molecular weight is 320 g/mol. The Balaban J connectivity index is 2.42. The summed E-state index contributed by atoms with van der Waals surface area (Å²) in [5, 5.41) is 1.65. The van der Waals surface area contributed by atoms with E-state index < -0.39 is 0 Å². The predicted molar refractivity (Wildman–Crippen MR) is 86.9 cm³/mol. The first-order valence-electron chi connectivity index (χ1n) is 6.19. The van der Waals surface area contributed by atoms with E-state index in [2.05, 4.69) is 4.98 Å². The van der Waals surface area contributed by atoms with Crippen LogP contribution in [-0.2, 0) is 7.05 Å². The molecule has 0 saturated heterocycles. The number of pyridine rings is 2. The minimum atomic E-state index is -0.226. The van der Waals surface area contributed by atoms with Crippen molar-refractivity contribution in [2.45, 2.75) is 0 Å². The molecule has 3 rings (SSSR count). The lowest BCUT2D eigenvalue weighted by Gasteiger charge is -2.11. The van der Waals surface area contributed by atoms with Gasteiger partial charge in [-0.05, 0) is 30.3 Å². The fraction of sp³-hybridized carbons (Fsp3) is 0.0667. The van der Waals surface area contributed by atoms with Crippen molar-refractivity contribution in [3.8, 4) is 11.1 Å². The molecule has 1 aromatic carbocycles. The van der Waals surface area contributed by atoms with Gasteiger partial charge in [0.1, 0.15) is 11.5 Å². The minimum absolute atomic E-state index is 0.226. The number of anilines is 1. The molecule has 0 saturated carbocycles. The van der Waals surface area contributed by atoms with Gasteiger partial charge in [0.2, 0.25) is 0 Å². The lowest BCUT2D eigenvalue weighted by Crippen LogP contribution is -2.20. The third-order valence-corrected chi connectivity index (χ3v) is 3.94. The zero-order valence-corrected chi connectivity index (χ0v) is 12.6. The smallest absolute Gasteiger partial charge is 0.259 e. The van der Waals surface area contributed by atoms with Crippen LogP contribution >= 0.6 is 23.2 Å². The molecular weight excluding hydrogens is 309 g/mol. The molecule has 21 heavy (non-hydrogen) atoms. The summed E-state index contributed by atoms with van der Waals surface area (Å²) in [6.07, 6.45) is 0. The number of nitrogen functional groups attached to an aromatic ring is 1. The van der Waals surface area contributed by atoms with E-state index in [0.717, 1.165) is 5.39 Å². The fourth-order valence-corrected chi connectivity index (χ4v) is 2.88. The van der Waals surface area contributed by atoms with Crippen molar-refractivity contribution in [2.24, 2.45) is 7.05 Å². The number of aromatic nitrogens is 2. The second kappa shape index (κ2) is 5.06. The van der Waals surface area contributed by atoms with Crippen LogP contribution < -0.4 is 11.3 Å². The van der Waals surface area contributed by atoms with E-state index in [0.29, 0.717) is 32.6 Å². The number of rotatable bonds is 1. The second-order valence-corrected chi connectivity index (χ2v) is 5.48. The molecule has 0 fully saturated rings. The minimum Gasteiger partial charge on any atom is -0.384 e. The molecule has 0 atom stereocenters. The zero-order chi connectivity index (χ0) is 15.1. The van der Waals surface area contributed by atoms with Crippen LogP contribution in [0.1, 0.15) is 0 Å². The highest BCUT2D eigenvalue weighted by Crippen LogP contribution is 2.33. The average Bonchev–Trinajstić information content (AvgIpc) is 2.44. The summed E-state index contributed by atoms with van der Waals surface area (Å²) in [5.41, 5.74) is 6.93. The largest absolute Gasteiger partial charge is 0.384 e. The highest BCUT2D eigenvalue weighted by atomic mass is 35.5. The first kappa shape index (κ1) is 13.9. The first-order chi connectivity index (χ1) is 9.99. The Hall–Kier alpha value is -2.04. The summed E-state index contributed by atoms with van der Waals surface area (Å²) in [6.45, 7) is 0. The molecule has 6 heteroatoms. The van der Waals surface area contributed by atoms with Gasteiger partial charge in [-0.25, -0.2) is 4.98 Å². The number of hydrogen-bond acceptors (Lipinski definition) is 3. The Labute approximate surface area is 130 Å². The summed E-state index contributed by atoms with van der Waals surface area (Å²) in [5.74, 6) is 0.362. The topological polar surface area (TPSA) is 60.9 Å². The highest BCUT2D eigenvalue weighted by Gasteiger charge is 2.15. The summed E-state index contributed by atoms with van der Waals surface area (Å²) in [4.78, 5) is 16.8. The van der Waals surface area contributed by atoms with Gasteiger partial charge < -0.3 is 5.73 Å². The fourth-order valence-electron chi connectivity index (χ4n) is 2.28. The highest BCUT2D eigenvalue weighted by molar-refractivity contribution is 6.39. The summed E-state index contributed by atoms with van der Waals surface area (Å²) >= 11 is 12.4. The molecule has 0 spiro atoms. The van der Waals surface area contributed by atoms with E-state index in [1.807, 2.05) is 6.07 Å². The van der Waals surface area contributed by atoms with E-state index in [9.17, 15) is 4.79 Å². The van der Waals surface area contributed by atoms with Crippen LogP contribution in [0.5, 0.6) is 0 Å². The molecule has 4 nitrogen and oxygen atoms in total. The number of benzene rings is 1. The van der Waals surface area contributed by atoms with Gasteiger partial charge in [0, 0.05) is 18.0 Å². The Morgan fingerprint density at radius 3 is 2.48 bits per heavy atom. The summed E-state index contributed by atoms with van der Waals surface area (Å²) in [7, 11) is 1.64. The van der Waals surface area contributed by atoms with Crippen molar-refractivity contribution in [1.82, 2.24) is 9.55 Å². The molecule has 3 aromatic rings. The molecule has 2 N–H and O–H groups in total. The van der Waals surface area contributed by atoms with Crippen molar-refractivity contribution < 1.29 is 0 Å². The molecule has 0 aliphatic heterocycles. The normalized spacial score (nSPS) is 11.0. The molecule has 0 radical (unpaired) electrons. The maximum atomic E-state index is 12.6. The van der Waals surface area contributed by atoms with Gasteiger partial charge in [0.25, 0.3) is 5.56 Å². The Kier molecular flexibility index (Phi) is 3.35. The predicted octanol–water partition coefficient (Wildman–Crippen LogP) is 3.49. The molecule has 0 amide bonds. The lowest BCUT2D eigenvalue weighted by atomic mass is 10.1. The molecule has 106 valence electrons. The molecule has 2 aromatic heterocycles. The molecule has 0 aliphatic rings. The standard InChI is InChI=1S/C15H11Cl2N3O/c1-20-14-8(5-6-12(18)19-14)7-9(15(20)21)13-10(16)3-2-4-11(13)17/h2-7H,1H3,(H2,18,19). The third-order valence-electron chi connectivity index (χ3n) is 3.31. The molecule has 0 unspecified atom stereocenters. The Morgan fingerprint density at radius 1 is 1.14 bits per heavy atom. The van der Waals surface area contributed by atoms with Crippen LogP contribution in [0.15, 0.2) is 41.2 Å². The number of nitrogens with zero attached hydrogens (tertiary/aromatic N) is 2. The summed E-state index contributed by atoms with van der Waals surface area (Å²) in [6, 6.07) is 10.4. The van der Waals surface area contributed by atoms with Crippen LogP contribution in [0.2, 0.25) is 10.0 Å². The maximum Gasteiger partial charge on any atom is 0.259 e. The number of halogens is 2. The van der Waals surface area contributed by atoms with Crippen LogP contribution in [-0.4, -0.2) is 9.55 Å². The van der Waals surface area contributed by atoms with Crippen molar-refractivity contribution in [2.75, 3.05) is 5.73 Å². The SMILES string of the molecule is Cn1c(=O)c(-c2c(Cl)cccc2Cl)cc2ccc(N)nc21. The van der Waals surface area contributed by atoms with Gasteiger partial charge in [-0.15, -0.1) is 0 Å².